The normalized spacial score (nSPS) is 11.8. The average molecular weight is 251 g/mol. The van der Waals surface area contributed by atoms with Gasteiger partial charge >= 0.3 is 0 Å². The number of ether oxygens (including phenoxy) is 1. The zero-order valence-corrected chi connectivity index (χ0v) is 11.7. The van der Waals surface area contributed by atoms with Gasteiger partial charge in [0, 0.05) is 19.3 Å². The number of methoxy groups -OCH3 is 1. The van der Waals surface area contributed by atoms with Crippen LogP contribution in [0.5, 0.6) is 5.75 Å². The smallest absolute Gasteiger partial charge is 0.244 e. The number of carbonyl (C=O) groups is 1. The van der Waals surface area contributed by atoms with Crippen LogP contribution in [-0.4, -0.2) is 42.5 Å². The second kappa shape index (κ2) is 6.23. The number of aryl methyl sites for hydroxylation is 1. The molecule has 1 rings (SSSR count). The number of anilines is 1. The van der Waals surface area contributed by atoms with Gasteiger partial charge in [-0.3, -0.25) is 9.78 Å². The third kappa shape index (κ3) is 3.35. The first-order chi connectivity index (χ1) is 8.49. The highest BCUT2D eigenvalue weighted by molar-refractivity contribution is 5.84. The highest BCUT2D eigenvalue weighted by Gasteiger charge is 2.17. The summed E-state index contributed by atoms with van der Waals surface area (Å²) in [6, 6.07) is 1.57. The molecule has 18 heavy (non-hydrogen) atoms. The summed E-state index contributed by atoms with van der Waals surface area (Å²) in [4.78, 5) is 17.8. The molecule has 0 fully saturated rings. The van der Waals surface area contributed by atoms with Gasteiger partial charge in [-0.1, -0.05) is 0 Å². The lowest BCUT2D eigenvalue weighted by molar-refractivity contribution is -0.130. The summed E-state index contributed by atoms with van der Waals surface area (Å²) in [5.74, 6) is 0.688. The van der Waals surface area contributed by atoms with Crippen LogP contribution in [0.4, 0.5) is 5.69 Å². The Labute approximate surface area is 108 Å². The van der Waals surface area contributed by atoms with Gasteiger partial charge in [-0.05, 0) is 26.8 Å². The van der Waals surface area contributed by atoms with Crippen LogP contribution in [0.1, 0.15) is 19.5 Å². The van der Waals surface area contributed by atoms with Crippen LogP contribution in [0.25, 0.3) is 0 Å². The molecule has 5 heteroatoms. The molecular formula is C13H21N3O2. The van der Waals surface area contributed by atoms with Crippen LogP contribution in [0.3, 0.4) is 0 Å². The summed E-state index contributed by atoms with van der Waals surface area (Å²) in [5.41, 5.74) is 1.66. The van der Waals surface area contributed by atoms with Crippen molar-refractivity contribution in [2.45, 2.75) is 26.8 Å². The SMILES string of the molecule is CCN(C)C(=O)C(C)Nc1cc(C)ncc1OC. The number of hydrogen-bond acceptors (Lipinski definition) is 4. The summed E-state index contributed by atoms with van der Waals surface area (Å²) >= 11 is 0. The molecule has 1 heterocycles. The van der Waals surface area contributed by atoms with Gasteiger partial charge in [-0.15, -0.1) is 0 Å². The second-order valence-corrected chi connectivity index (χ2v) is 4.24. The van der Waals surface area contributed by atoms with Crippen molar-refractivity contribution in [3.05, 3.63) is 18.0 Å². The lowest BCUT2D eigenvalue weighted by Crippen LogP contribution is -2.38. The van der Waals surface area contributed by atoms with Gasteiger partial charge in [0.15, 0.2) is 5.75 Å². The standard InChI is InChI=1S/C13H21N3O2/c1-6-16(4)13(17)10(3)15-11-7-9(2)14-8-12(11)18-5/h7-8,10H,6H2,1-5H3,(H,14,15). The van der Waals surface area contributed by atoms with E-state index in [9.17, 15) is 4.79 Å². The molecule has 0 saturated heterocycles. The fourth-order valence-corrected chi connectivity index (χ4v) is 1.60. The fourth-order valence-electron chi connectivity index (χ4n) is 1.60. The topological polar surface area (TPSA) is 54.5 Å². The summed E-state index contributed by atoms with van der Waals surface area (Å²) in [5, 5.41) is 3.16. The molecular weight excluding hydrogens is 230 g/mol. The maximum Gasteiger partial charge on any atom is 0.244 e. The van der Waals surface area contributed by atoms with Gasteiger partial charge < -0.3 is 15.0 Å². The summed E-state index contributed by atoms with van der Waals surface area (Å²) in [7, 11) is 3.37. The molecule has 1 aromatic heterocycles. The van der Waals surface area contributed by atoms with Crippen LogP contribution in [0.15, 0.2) is 12.3 Å². The van der Waals surface area contributed by atoms with E-state index >= 15 is 0 Å². The first-order valence-corrected chi connectivity index (χ1v) is 6.01. The van der Waals surface area contributed by atoms with Gasteiger partial charge in [-0.2, -0.15) is 0 Å². The predicted molar refractivity (Wildman–Crippen MR) is 71.9 cm³/mol. The maximum absolute atomic E-state index is 12.0. The molecule has 0 aliphatic carbocycles. The van der Waals surface area contributed by atoms with Crippen molar-refractivity contribution in [1.29, 1.82) is 0 Å². The molecule has 5 nitrogen and oxygen atoms in total. The zero-order valence-electron chi connectivity index (χ0n) is 11.7. The number of nitrogens with one attached hydrogen (secondary N) is 1. The summed E-state index contributed by atoms with van der Waals surface area (Å²) in [6.07, 6.45) is 1.65. The summed E-state index contributed by atoms with van der Waals surface area (Å²) < 4.78 is 5.22. The zero-order chi connectivity index (χ0) is 13.7. The largest absolute Gasteiger partial charge is 0.493 e. The van der Waals surface area contributed by atoms with Gasteiger partial charge in [0.25, 0.3) is 0 Å². The Hall–Kier alpha value is -1.78. The molecule has 1 atom stereocenters. The van der Waals surface area contributed by atoms with Crippen LogP contribution >= 0.6 is 0 Å². The van der Waals surface area contributed by atoms with E-state index in [2.05, 4.69) is 10.3 Å². The number of likely N-dealkylation sites (N-methyl/N-ethyl adjacent to an activating group) is 1. The minimum absolute atomic E-state index is 0.0500. The van der Waals surface area contributed by atoms with Crippen LogP contribution < -0.4 is 10.1 Å². The molecule has 1 aromatic rings. The Bertz CT molecular complexity index is 421. The molecule has 0 aliphatic heterocycles. The lowest BCUT2D eigenvalue weighted by atomic mass is 10.2. The highest BCUT2D eigenvalue weighted by atomic mass is 16.5. The molecule has 0 aliphatic rings. The van der Waals surface area contributed by atoms with Gasteiger partial charge in [0.2, 0.25) is 5.91 Å². The fraction of sp³-hybridized carbons (Fsp3) is 0.538. The molecule has 1 unspecified atom stereocenters. The van der Waals surface area contributed by atoms with Crippen molar-refractivity contribution in [3.8, 4) is 5.75 Å². The molecule has 1 N–H and O–H groups in total. The average Bonchev–Trinajstić information content (AvgIpc) is 2.37. The lowest BCUT2D eigenvalue weighted by Gasteiger charge is -2.22. The minimum atomic E-state index is -0.300. The van der Waals surface area contributed by atoms with E-state index in [1.54, 1.807) is 25.3 Å². The molecule has 0 aromatic carbocycles. The van der Waals surface area contributed by atoms with Crippen LogP contribution in [-0.2, 0) is 4.79 Å². The second-order valence-electron chi connectivity index (χ2n) is 4.24. The van der Waals surface area contributed by atoms with Crippen molar-refractivity contribution in [2.24, 2.45) is 0 Å². The molecule has 0 saturated carbocycles. The quantitative estimate of drug-likeness (QED) is 0.865. The Kier molecular flexibility index (Phi) is 4.95. The van der Waals surface area contributed by atoms with E-state index in [0.29, 0.717) is 12.3 Å². The van der Waals surface area contributed by atoms with Crippen LogP contribution in [0.2, 0.25) is 0 Å². The van der Waals surface area contributed by atoms with E-state index in [-0.39, 0.29) is 11.9 Å². The Morgan fingerprint density at radius 1 is 1.61 bits per heavy atom. The van der Waals surface area contributed by atoms with Crippen molar-refractivity contribution >= 4 is 11.6 Å². The molecule has 0 spiro atoms. The number of aromatic nitrogens is 1. The van der Waals surface area contributed by atoms with E-state index in [1.165, 1.54) is 0 Å². The summed E-state index contributed by atoms with van der Waals surface area (Å²) in [6.45, 7) is 6.37. The number of pyridine rings is 1. The first kappa shape index (κ1) is 14.3. The highest BCUT2D eigenvalue weighted by Crippen LogP contribution is 2.24. The van der Waals surface area contributed by atoms with E-state index in [4.69, 9.17) is 4.74 Å². The van der Waals surface area contributed by atoms with Crippen LogP contribution in [0, 0.1) is 6.92 Å². The Morgan fingerprint density at radius 3 is 2.83 bits per heavy atom. The van der Waals surface area contributed by atoms with E-state index in [0.717, 1.165) is 11.4 Å². The third-order valence-electron chi connectivity index (χ3n) is 2.82. The third-order valence-corrected chi connectivity index (χ3v) is 2.82. The molecule has 1 amide bonds. The Morgan fingerprint density at radius 2 is 2.28 bits per heavy atom. The van der Waals surface area contributed by atoms with Gasteiger partial charge in [0.1, 0.15) is 6.04 Å². The minimum Gasteiger partial charge on any atom is -0.493 e. The van der Waals surface area contributed by atoms with E-state index in [1.807, 2.05) is 26.8 Å². The van der Waals surface area contributed by atoms with Crippen molar-refractivity contribution < 1.29 is 9.53 Å². The van der Waals surface area contributed by atoms with Crippen molar-refractivity contribution in [2.75, 3.05) is 26.0 Å². The molecule has 100 valence electrons. The first-order valence-electron chi connectivity index (χ1n) is 6.01. The van der Waals surface area contributed by atoms with Gasteiger partial charge in [-0.25, -0.2) is 0 Å². The van der Waals surface area contributed by atoms with Crippen molar-refractivity contribution in [3.63, 3.8) is 0 Å². The number of carbonyl (C=O) groups excluding carboxylic acids is 1. The molecule has 0 bridgehead atoms. The van der Waals surface area contributed by atoms with E-state index < -0.39 is 0 Å². The Balaban J connectivity index is 2.83. The molecule has 0 radical (unpaired) electrons. The van der Waals surface area contributed by atoms with Gasteiger partial charge in [0.05, 0.1) is 19.0 Å². The predicted octanol–water partition coefficient (Wildman–Crippen LogP) is 1.68. The maximum atomic E-state index is 12.0. The number of hydrogen-bond donors (Lipinski definition) is 1. The number of amides is 1. The van der Waals surface area contributed by atoms with Crippen molar-refractivity contribution in [1.82, 2.24) is 9.88 Å². The number of nitrogens with zero attached hydrogens (tertiary/aromatic N) is 2. The monoisotopic (exact) mass is 251 g/mol. The number of rotatable bonds is 5.